The molecule has 2 nitrogen and oxygen atoms in total. The fourth-order valence-corrected chi connectivity index (χ4v) is 3.95. The average molecular weight is 305 g/mol. The van der Waals surface area contributed by atoms with Crippen LogP contribution in [0.3, 0.4) is 0 Å². The Hall–Kier alpha value is -1.02. The van der Waals surface area contributed by atoms with E-state index in [1.165, 1.54) is 37.6 Å². The fourth-order valence-electron chi connectivity index (χ4n) is 3.78. The van der Waals surface area contributed by atoms with Gasteiger partial charge in [0.1, 0.15) is 5.82 Å². The van der Waals surface area contributed by atoms with Gasteiger partial charge in [0.2, 0.25) is 0 Å². The van der Waals surface area contributed by atoms with Crippen LogP contribution in [0.4, 0.5) is 0 Å². The highest BCUT2D eigenvalue weighted by Crippen LogP contribution is 2.31. The lowest BCUT2D eigenvalue weighted by Gasteiger charge is -2.27. The van der Waals surface area contributed by atoms with Crippen molar-refractivity contribution in [2.45, 2.75) is 52.0 Å². The van der Waals surface area contributed by atoms with E-state index in [1.54, 1.807) is 0 Å². The number of fused-ring (bicyclic) bond motifs is 1. The molecule has 0 spiro atoms. The van der Waals surface area contributed by atoms with Gasteiger partial charge in [0, 0.05) is 18.8 Å². The molecule has 1 aromatic carbocycles. The molecular weight excluding hydrogens is 280 g/mol. The number of aryl methyl sites for hydroxylation is 2. The van der Waals surface area contributed by atoms with E-state index in [9.17, 15) is 0 Å². The minimum absolute atomic E-state index is 0.643. The molecule has 0 N–H and O–H groups in total. The van der Waals surface area contributed by atoms with Crippen molar-refractivity contribution in [3.05, 3.63) is 30.1 Å². The smallest absolute Gasteiger partial charge is 0.111 e. The van der Waals surface area contributed by atoms with E-state index in [0.717, 1.165) is 36.1 Å². The number of hydrogen-bond acceptors (Lipinski definition) is 1. The number of aromatic nitrogens is 2. The van der Waals surface area contributed by atoms with Crippen LogP contribution in [0.5, 0.6) is 0 Å². The molecule has 0 bridgehead atoms. The Morgan fingerprint density at radius 2 is 2.14 bits per heavy atom. The van der Waals surface area contributed by atoms with Gasteiger partial charge in [-0.15, -0.1) is 11.6 Å². The van der Waals surface area contributed by atoms with Gasteiger partial charge in [0.05, 0.1) is 11.0 Å². The first-order chi connectivity index (χ1) is 10.3. The normalized spacial score (nSPS) is 22.8. The van der Waals surface area contributed by atoms with Crippen molar-refractivity contribution < 1.29 is 0 Å². The molecule has 0 amide bonds. The maximum atomic E-state index is 5.95. The molecule has 3 rings (SSSR count). The van der Waals surface area contributed by atoms with Gasteiger partial charge in [-0.1, -0.05) is 38.3 Å². The van der Waals surface area contributed by atoms with Gasteiger partial charge < -0.3 is 4.57 Å². The summed E-state index contributed by atoms with van der Waals surface area (Å²) in [5, 5.41) is 0. The minimum atomic E-state index is 0.643. The van der Waals surface area contributed by atoms with Crippen LogP contribution in [0.1, 0.15) is 44.9 Å². The van der Waals surface area contributed by atoms with Gasteiger partial charge in [0.15, 0.2) is 0 Å². The van der Waals surface area contributed by atoms with Crippen LogP contribution in [0.25, 0.3) is 11.0 Å². The van der Waals surface area contributed by atoms with Gasteiger partial charge >= 0.3 is 0 Å². The maximum absolute atomic E-state index is 5.95. The second-order valence-electron chi connectivity index (χ2n) is 6.53. The molecule has 0 aliphatic heterocycles. The zero-order valence-electron chi connectivity index (χ0n) is 12.9. The molecule has 1 aromatic heterocycles. The third kappa shape index (κ3) is 3.42. The lowest BCUT2D eigenvalue weighted by Crippen LogP contribution is -2.16. The summed E-state index contributed by atoms with van der Waals surface area (Å²) in [5.74, 6) is 3.59. The highest BCUT2D eigenvalue weighted by Gasteiger charge is 2.19. The van der Waals surface area contributed by atoms with Crippen LogP contribution >= 0.6 is 11.6 Å². The van der Waals surface area contributed by atoms with Crippen molar-refractivity contribution in [3.63, 3.8) is 0 Å². The molecule has 2 unspecified atom stereocenters. The van der Waals surface area contributed by atoms with Crippen molar-refractivity contribution in [2.24, 2.45) is 11.8 Å². The lowest BCUT2D eigenvalue weighted by molar-refractivity contribution is 0.261. The molecule has 1 aliphatic rings. The Bertz CT molecular complexity index is 590. The second kappa shape index (κ2) is 6.83. The number of nitrogens with zero attached hydrogens (tertiary/aromatic N) is 2. The summed E-state index contributed by atoms with van der Waals surface area (Å²) in [6, 6.07) is 8.45. The number of halogens is 1. The van der Waals surface area contributed by atoms with Crippen molar-refractivity contribution in [1.29, 1.82) is 0 Å². The molecule has 1 heterocycles. The van der Waals surface area contributed by atoms with Crippen molar-refractivity contribution in [1.82, 2.24) is 9.55 Å². The first-order valence-electron chi connectivity index (χ1n) is 8.28. The van der Waals surface area contributed by atoms with E-state index in [-0.39, 0.29) is 0 Å². The van der Waals surface area contributed by atoms with Crippen molar-refractivity contribution in [2.75, 3.05) is 5.88 Å². The third-order valence-corrected chi connectivity index (χ3v) is 5.05. The molecule has 0 radical (unpaired) electrons. The topological polar surface area (TPSA) is 17.8 Å². The quantitative estimate of drug-likeness (QED) is 0.708. The zero-order valence-corrected chi connectivity index (χ0v) is 13.6. The summed E-state index contributed by atoms with van der Waals surface area (Å²) in [5.41, 5.74) is 2.37. The Kier molecular flexibility index (Phi) is 4.84. The molecule has 3 heteroatoms. The summed E-state index contributed by atoms with van der Waals surface area (Å²) < 4.78 is 2.40. The average Bonchev–Trinajstić information content (AvgIpc) is 2.83. The van der Waals surface area contributed by atoms with Gasteiger partial charge in [-0.2, -0.15) is 0 Å². The van der Waals surface area contributed by atoms with Crippen LogP contribution in [-0.2, 0) is 13.0 Å². The number of para-hydroxylation sites is 2. The number of benzene rings is 1. The van der Waals surface area contributed by atoms with Gasteiger partial charge in [0.25, 0.3) is 0 Å². The molecule has 0 saturated heterocycles. The van der Waals surface area contributed by atoms with Crippen LogP contribution in [-0.4, -0.2) is 15.4 Å². The molecule has 21 heavy (non-hydrogen) atoms. The zero-order chi connectivity index (χ0) is 14.7. The number of alkyl halides is 1. The van der Waals surface area contributed by atoms with Gasteiger partial charge in [-0.05, 0) is 36.8 Å². The van der Waals surface area contributed by atoms with E-state index in [0.29, 0.717) is 5.88 Å². The van der Waals surface area contributed by atoms with Crippen LogP contribution in [0.2, 0.25) is 0 Å². The molecule has 114 valence electrons. The molecule has 1 aliphatic carbocycles. The van der Waals surface area contributed by atoms with E-state index >= 15 is 0 Å². The Morgan fingerprint density at radius 1 is 1.29 bits per heavy atom. The first-order valence-corrected chi connectivity index (χ1v) is 8.81. The van der Waals surface area contributed by atoms with Gasteiger partial charge in [-0.25, -0.2) is 4.98 Å². The summed E-state index contributed by atoms with van der Waals surface area (Å²) in [4.78, 5) is 4.76. The van der Waals surface area contributed by atoms with E-state index < -0.39 is 0 Å². The highest BCUT2D eigenvalue weighted by atomic mass is 35.5. The Labute approximate surface area is 132 Å². The summed E-state index contributed by atoms with van der Waals surface area (Å²) in [6.07, 6.45) is 7.77. The third-order valence-electron chi connectivity index (χ3n) is 4.86. The van der Waals surface area contributed by atoms with Crippen LogP contribution in [0.15, 0.2) is 24.3 Å². The minimum Gasteiger partial charge on any atom is -0.328 e. The second-order valence-corrected chi connectivity index (χ2v) is 6.91. The molecule has 1 fully saturated rings. The summed E-state index contributed by atoms with van der Waals surface area (Å²) >= 11 is 5.95. The number of imidazole rings is 1. The van der Waals surface area contributed by atoms with Gasteiger partial charge in [-0.3, -0.25) is 0 Å². The fraction of sp³-hybridized carbons (Fsp3) is 0.611. The standard InChI is InChI=1S/C18H25ClN2/c1-14-5-4-6-15(13-14)10-12-21-17-8-3-2-7-16(17)20-18(21)9-11-19/h2-3,7-8,14-15H,4-6,9-13H2,1H3. The highest BCUT2D eigenvalue weighted by molar-refractivity contribution is 6.17. The largest absolute Gasteiger partial charge is 0.328 e. The monoisotopic (exact) mass is 304 g/mol. The molecular formula is C18H25ClN2. The lowest BCUT2D eigenvalue weighted by atomic mass is 9.81. The summed E-state index contributed by atoms with van der Waals surface area (Å²) in [6.45, 7) is 3.49. The predicted molar refractivity (Wildman–Crippen MR) is 89.9 cm³/mol. The van der Waals surface area contributed by atoms with Crippen LogP contribution < -0.4 is 0 Å². The van der Waals surface area contributed by atoms with Crippen molar-refractivity contribution >= 4 is 22.6 Å². The first kappa shape index (κ1) is 14.9. The van der Waals surface area contributed by atoms with Crippen LogP contribution in [0, 0.1) is 11.8 Å². The van der Waals surface area contributed by atoms with E-state index in [4.69, 9.17) is 16.6 Å². The summed E-state index contributed by atoms with van der Waals surface area (Å²) in [7, 11) is 0. The molecule has 1 saturated carbocycles. The van der Waals surface area contributed by atoms with E-state index in [1.807, 2.05) is 0 Å². The van der Waals surface area contributed by atoms with E-state index in [2.05, 4.69) is 35.8 Å². The Balaban J connectivity index is 1.77. The maximum Gasteiger partial charge on any atom is 0.111 e. The number of rotatable bonds is 5. The molecule has 2 aromatic rings. The molecule has 2 atom stereocenters. The number of hydrogen-bond donors (Lipinski definition) is 0. The SMILES string of the molecule is CC1CCCC(CCn2c(CCCl)nc3ccccc32)C1. The van der Waals surface area contributed by atoms with Crippen molar-refractivity contribution in [3.8, 4) is 0 Å². The predicted octanol–water partition coefficient (Wildman–Crippen LogP) is 5.03. The Morgan fingerprint density at radius 3 is 2.95 bits per heavy atom.